The van der Waals surface area contributed by atoms with E-state index in [-0.39, 0.29) is 0 Å². The molecule has 1 heterocycles. The molecule has 5 nitrogen and oxygen atoms in total. The van der Waals surface area contributed by atoms with Gasteiger partial charge in [-0.25, -0.2) is 0 Å². The molecule has 2 rings (SSSR count). The number of rotatable bonds is 5. The number of nitrogens with one attached hydrogen (secondary N) is 1. The molecule has 0 atom stereocenters. The fraction of sp³-hybridized carbons (Fsp3) is 0.385. The first-order valence-electron chi connectivity index (χ1n) is 5.85. The van der Waals surface area contributed by atoms with Crippen LogP contribution in [0.15, 0.2) is 22.7 Å². The van der Waals surface area contributed by atoms with Crippen molar-refractivity contribution in [1.82, 2.24) is 15.5 Å². The molecule has 96 valence electrons. The monoisotopic (exact) mass is 247 g/mol. The van der Waals surface area contributed by atoms with E-state index in [4.69, 9.17) is 9.26 Å². The van der Waals surface area contributed by atoms with Gasteiger partial charge in [-0.3, -0.25) is 0 Å². The van der Waals surface area contributed by atoms with Crippen LogP contribution in [0.1, 0.15) is 22.8 Å². The molecule has 1 aromatic carbocycles. The number of ether oxygens (including phenoxy) is 1. The summed E-state index contributed by atoms with van der Waals surface area (Å²) in [5, 5.41) is 6.85. The van der Waals surface area contributed by atoms with Crippen LogP contribution in [0.5, 0.6) is 5.75 Å². The largest absolute Gasteiger partial charge is 0.483 e. The van der Waals surface area contributed by atoms with Gasteiger partial charge in [-0.1, -0.05) is 23.4 Å². The molecule has 0 aliphatic carbocycles. The normalized spacial score (nSPS) is 10.6. The van der Waals surface area contributed by atoms with Crippen LogP contribution in [0, 0.1) is 13.8 Å². The fourth-order valence-electron chi connectivity index (χ4n) is 1.78. The summed E-state index contributed by atoms with van der Waals surface area (Å²) in [4.78, 5) is 4.11. The Bertz CT molecular complexity index is 523. The maximum Gasteiger partial charge on any atom is 0.264 e. The minimum absolute atomic E-state index is 0.294. The van der Waals surface area contributed by atoms with Gasteiger partial charge in [0.2, 0.25) is 0 Å². The molecule has 0 saturated heterocycles. The summed E-state index contributed by atoms with van der Waals surface area (Å²) in [6, 6.07) is 6.08. The minimum atomic E-state index is 0.294. The zero-order chi connectivity index (χ0) is 13.0. The summed E-state index contributed by atoms with van der Waals surface area (Å²) in [7, 11) is 1.91. The van der Waals surface area contributed by atoms with Crippen molar-refractivity contribution in [3.8, 4) is 5.75 Å². The molecule has 0 unspecified atom stereocenters. The Morgan fingerprint density at radius 1 is 1.33 bits per heavy atom. The smallest absolute Gasteiger partial charge is 0.264 e. The summed E-state index contributed by atoms with van der Waals surface area (Å²) < 4.78 is 10.8. The Balaban J connectivity index is 2.12. The number of para-hydroxylation sites is 1. The zero-order valence-electron chi connectivity index (χ0n) is 10.9. The molecular weight excluding hydrogens is 230 g/mol. The molecule has 0 radical (unpaired) electrons. The maximum atomic E-state index is 5.78. The molecule has 5 heteroatoms. The topological polar surface area (TPSA) is 60.2 Å². The third-order valence-corrected chi connectivity index (χ3v) is 2.57. The Labute approximate surface area is 106 Å². The molecule has 0 amide bonds. The molecule has 0 saturated carbocycles. The summed E-state index contributed by atoms with van der Waals surface area (Å²) in [5.74, 6) is 1.99. The van der Waals surface area contributed by atoms with Gasteiger partial charge in [0.05, 0.1) is 0 Å². The van der Waals surface area contributed by atoms with Gasteiger partial charge in [-0.05, 0) is 26.5 Å². The van der Waals surface area contributed by atoms with Crippen LogP contribution >= 0.6 is 0 Å². The van der Waals surface area contributed by atoms with E-state index < -0.39 is 0 Å². The van der Waals surface area contributed by atoms with Crippen LogP contribution in [0.4, 0.5) is 0 Å². The third kappa shape index (κ3) is 2.87. The van der Waals surface area contributed by atoms with Crippen molar-refractivity contribution < 1.29 is 9.26 Å². The van der Waals surface area contributed by atoms with Crippen LogP contribution in [0.2, 0.25) is 0 Å². The number of nitrogens with zero attached hydrogens (tertiary/aromatic N) is 2. The number of aromatic nitrogens is 2. The van der Waals surface area contributed by atoms with Crippen molar-refractivity contribution in [2.75, 3.05) is 7.05 Å². The van der Waals surface area contributed by atoms with E-state index in [1.54, 1.807) is 6.92 Å². The molecule has 0 aliphatic heterocycles. The van der Waals surface area contributed by atoms with Crippen LogP contribution in [-0.2, 0) is 13.2 Å². The summed E-state index contributed by atoms with van der Waals surface area (Å²) >= 11 is 0. The first-order valence-corrected chi connectivity index (χ1v) is 5.85. The number of aryl methyl sites for hydroxylation is 2. The predicted molar refractivity (Wildman–Crippen MR) is 67.3 cm³/mol. The van der Waals surface area contributed by atoms with E-state index in [2.05, 4.69) is 15.5 Å². The Hall–Kier alpha value is -1.88. The van der Waals surface area contributed by atoms with E-state index >= 15 is 0 Å². The Kier molecular flexibility index (Phi) is 3.94. The average Bonchev–Trinajstić information content (AvgIpc) is 2.75. The quantitative estimate of drug-likeness (QED) is 0.875. The van der Waals surface area contributed by atoms with Crippen molar-refractivity contribution >= 4 is 0 Å². The van der Waals surface area contributed by atoms with Crippen LogP contribution in [0.3, 0.4) is 0 Å². The minimum Gasteiger partial charge on any atom is -0.483 e. The summed E-state index contributed by atoms with van der Waals surface area (Å²) in [6.07, 6.45) is 0. The highest BCUT2D eigenvalue weighted by atomic mass is 16.5. The van der Waals surface area contributed by atoms with E-state index in [1.165, 1.54) is 0 Å². The molecule has 1 N–H and O–H groups in total. The van der Waals surface area contributed by atoms with Crippen LogP contribution in [-0.4, -0.2) is 17.2 Å². The lowest BCUT2D eigenvalue weighted by Gasteiger charge is -2.12. The first kappa shape index (κ1) is 12.6. The van der Waals surface area contributed by atoms with Gasteiger partial charge >= 0.3 is 0 Å². The highest BCUT2D eigenvalue weighted by molar-refractivity contribution is 5.40. The second-order valence-corrected chi connectivity index (χ2v) is 4.12. The van der Waals surface area contributed by atoms with Gasteiger partial charge in [-0.15, -0.1) is 0 Å². The molecule has 0 bridgehead atoms. The lowest BCUT2D eigenvalue weighted by Crippen LogP contribution is -2.08. The lowest BCUT2D eigenvalue weighted by atomic mass is 10.1. The van der Waals surface area contributed by atoms with Gasteiger partial charge < -0.3 is 14.6 Å². The van der Waals surface area contributed by atoms with E-state index in [0.717, 1.165) is 23.4 Å². The fourth-order valence-corrected chi connectivity index (χ4v) is 1.78. The average molecular weight is 247 g/mol. The second kappa shape index (κ2) is 5.64. The first-order chi connectivity index (χ1) is 8.70. The molecular formula is C13H17N3O2. The standard InChI is InChI=1S/C13H17N3O2/c1-9-5-4-6-11(7-14-3)13(9)17-8-12-15-10(2)16-18-12/h4-6,14H,7-8H2,1-3H3. The number of hydrogen-bond donors (Lipinski definition) is 1. The third-order valence-electron chi connectivity index (χ3n) is 2.57. The van der Waals surface area contributed by atoms with E-state index in [0.29, 0.717) is 18.3 Å². The van der Waals surface area contributed by atoms with E-state index in [9.17, 15) is 0 Å². The number of hydrogen-bond acceptors (Lipinski definition) is 5. The van der Waals surface area contributed by atoms with Gasteiger partial charge in [0, 0.05) is 12.1 Å². The van der Waals surface area contributed by atoms with Gasteiger partial charge in [-0.2, -0.15) is 4.98 Å². The summed E-state index contributed by atoms with van der Waals surface area (Å²) in [6.45, 7) is 4.86. The van der Waals surface area contributed by atoms with Crippen molar-refractivity contribution in [1.29, 1.82) is 0 Å². The van der Waals surface area contributed by atoms with Crippen molar-refractivity contribution in [3.63, 3.8) is 0 Å². The molecule has 1 aromatic heterocycles. The summed E-state index contributed by atoms with van der Waals surface area (Å²) in [5.41, 5.74) is 2.22. The van der Waals surface area contributed by atoms with Crippen LogP contribution in [0.25, 0.3) is 0 Å². The maximum absolute atomic E-state index is 5.78. The number of benzene rings is 1. The molecule has 0 fully saturated rings. The van der Waals surface area contributed by atoms with Crippen molar-refractivity contribution in [2.24, 2.45) is 0 Å². The predicted octanol–water partition coefficient (Wildman–Crippen LogP) is 1.98. The Morgan fingerprint density at radius 2 is 2.17 bits per heavy atom. The molecule has 0 aliphatic rings. The van der Waals surface area contributed by atoms with Gasteiger partial charge in [0.15, 0.2) is 12.4 Å². The van der Waals surface area contributed by atoms with Gasteiger partial charge in [0.25, 0.3) is 5.89 Å². The van der Waals surface area contributed by atoms with E-state index in [1.807, 2.05) is 32.2 Å². The second-order valence-electron chi connectivity index (χ2n) is 4.12. The highest BCUT2D eigenvalue weighted by Gasteiger charge is 2.09. The van der Waals surface area contributed by atoms with Gasteiger partial charge in [0.1, 0.15) is 5.75 Å². The lowest BCUT2D eigenvalue weighted by molar-refractivity contribution is 0.239. The van der Waals surface area contributed by atoms with Crippen LogP contribution < -0.4 is 10.1 Å². The SMILES string of the molecule is CNCc1cccc(C)c1OCc1nc(C)no1. The Morgan fingerprint density at radius 3 is 2.83 bits per heavy atom. The molecule has 18 heavy (non-hydrogen) atoms. The van der Waals surface area contributed by atoms with Crippen molar-refractivity contribution in [3.05, 3.63) is 41.0 Å². The van der Waals surface area contributed by atoms with Crippen molar-refractivity contribution in [2.45, 2.75) is 27.0 Å². The highest BCUT2D eigenvalue weighted by Crippen LogP contribution is 2.24. The molecule has 2 aromatic rings. The molecule has 0 spiro atoms. The zero-order valence-corrected chi connectivity index (χ0v) is 10.9.